The molecule has 0 aromatic heterocycles. The summed E-state index contributed by atoms with van der Waals surface area (Å²) in [5, 5.41) is 0.118. The van der Waals surface area contributed by atoms with Crippen LogP contribution in [0.4, 0.5) is 0 Å². The van der Waals surface area contributed by atoms with Crippen LogP contribution in [-0.4, -0.2) is 30.7 Å². The van der Waals surface area contributed by atoms with Gasteiger partial charge in [-0.3, -0.25) is 4.90 Å². The summed E-state index contributed by atoms with van der Waals surface area (Å²) in [4.78, 5) is 2.50. The van der Waals surface area contributed by atoms with Gasteiger partial charge in [0.05, 0.1) is 18.0 Å². The number of ether oxygens (including phenoxy) is 1. The molecule has 3 rings (SSSR count). The molecular formula is C19H23NOS. The molecule has 1 fully saturated rings. The summed E-state index contributed by atoms with van der Waals surface area (Å²) in [5.41, 5.74) is 2.59. The number of benzene rings is 2. The quantitative estimate of drug-likeness (QED) is 0.853. The second-order valence-corrected chi connectivity index (χ2v) is 6.40. The summed E-state index contributed by atoms with van der Waals surface area (Å²) in [6.07, 6.45) is 0.130. The number of hydrogen-bond acceptors (Lipinski definition) is 3. The van der Waals surface area contributed by atoms with Gasteiger partial charge >= 0.3 is 0 Å². The third-order valence-electron chi connectivity index (χ3n) is 4.45. The van der Waals surface area contributed by atoms with E-state index in [4.69, 9.17) is 17.4 Å². The maximum absolute atomic E-state index is 5.99. The van der Waals surface area contributed by atoms with Gasteiger partial charge < -0.3 is 4.74 Å². The first-order chi connectivity index (χ1) is 10.8. The number of thiol groups is 1. The molecule has 2 nitrogen and oxygen atoms in total. The molecule has 3 atom stereocenters. The van der Waals surface area contributed by atoms with Crippen molar-refractivity contribution in [2.45, 2.75) is 24.3 Å². The summed E-state index contributed by atoms with van der Waals surface area (Å²) >= 11 is 4.81. The van der Waals surface area contributed by atoms with Crippen LogP contribution in [0, 0.1) is 0 Å². The van der Waals surface area contributed by atoms with Crippen molar-refractivity contribution in [2.24, 2.45) is 0 Å². The molecule has 0 radical (unpaired) electrons. The van der Waals surface area contributed by atoms with Crippen molar-refractivity contribution in [1.29, 1.82) is 0 Å². The molecule has 1 aliphatic rings. The molecule has 116 valence electrons. The van der Waals surface area contributed by atoms with Crippen LogP contribution in [0.15, 0.2) is 60.7 Å². The highest BCUT2D eigenvalue weighted by Crippen LogP contribution is 2.31. The van der Waals surface area contributed by atoms with Crippen LogP contribution in [0.1, 0.15) is 29.3 Å². The molecule has 1 aliphatic heterocycles. The van der Waals surface area contributed by atoms with Gasteiger partial charge in [-0.15, -0.1) is 0 Å². The van der Waals surface area contributed by atoms with E-state index in [-0.39, 0.29) is 11.4 Å². The molecule has 2 aromatic rings. The predicted octanol–water partition coefficient (Wildman–Crippen LogP) is 4.12. The van der Waals surface area contributed by atoms with Crippen molar-refractivity contribution in [3.05, 3.63) is 71.8 Å². The van der Waals surface area contributed by atoms with Crippen molar-refractivity contribution in [3.8, 4) is 0 Å². The van der Waals surface area contributed by atoms with Gasteiger partial charge in [0.15, 0.2) is 0 Å². The smallest absolute Gasteiger partial charge is 0.0859 e. The van der Waals surface area contributed by atoms with Crippen molar-refractivity contribution >= 4 is 12.6 Å². The zero-order chi connectivity index (χ0) is 15.4. The van der Waals surface area contributed by atoms with Gasteiger partial charge in [0.2, 0.25) is 0 Å². The first-order valence-electron chi connectivity index (χ1n) is 7.89. The van der Waals surface area contributed by atoms with Gasteiger partial charge in [-0.1, -0.05) is 60.7 Å². The average Bonchev–Trinajstić information content (AvgIpc) is 2.62. The fraction of sp³-hybridized carbons (Fsp3) is 0.368. The highest BCUT2D eigenvalue weighted by molar-refractivity contribution is 7.80. The van der Waals surface area contributed by atoms with Gasteiger partial charge in [-0.05, 0) is 18.1 Å². The molecular weight excluding hydrogens is 290 g/mol. The van der Waals surface area contributed by atoms with E-state index in [1.165, 1.54) is 11.1 Å². The Hall–Kier alpha value is -1.29. The van der Waals surface area contributed by atoms with Gasteiger partial charge in [0, 0.05) is 19.1 Å². The lowest BCUT2D eigenvalue weighted by Crippen LogP contribution is -2.45. The van der Waals surface area contributed by atoms with Crippen LogP contribution in [0.5, 0.6) is 0 Å². The molecule has 0 aliphatic carbocycles. The molecule has 0 spiro atoms. The third kappa shape index (κ3) is 3.54. The zero-order valence-corrected chi connectivity index (χ0v) is 13.8. The van der Waals surface area contributed by atoms with E-state index in [1.54, 1.807) is 0 Å². The first-order valence-corrected chi connectivity index (χ1v) is 8.41. The van der Waals surface area contributed by atoms with Crippen molar-refractivity contribution in [1.82, 2.24) is 4.90 Å². The minimum absolute atomic E-state index is 0.118. The molecule has 0 saturated carbocycles. The SMILES string of the molecule is C[C@@H](c1ccccc1)N1CCO[C@@H]([C@H](S)c2ccccc2)C1. The molecule has 1 saturated heterocycles. The Morgan fingerprint density at radius 3 is 2.23 bits per heavy atom. The van der Waals surface area contributed by atoms with E-state index in [0.29, 0.717) is 6.04 Å². The lowest BCUT2D eigenvalue weighted by atomic mass is 10.0. The molecule has 22 heavy (non-hydrogen) atoms. The zero-order valence-electron chi connectivity index (χ0n) is 12.9. The second kappa shape index (κ2) is 7.32. The van der Waals surface area contributed by atoms with Crippen molar-refractivity contribution in [3.63, 3.8) is 0 Å². The number of morpholine rings is 1. The largest absolute Gasteiger partial charge is 0.374 e. The van der Waals surface area contributed by atoms with E-state index in [2.05, 4.69) is 66.4 Å². The molecule has 3 heteroatoms. The number of nitrogens with zero attached hydrogens (tertiary/aromatic N) is 1. The normalized spacial score (nSPS) is 22.2. The van der Waals surface area contributed by atoms with Gasteiger partial charge in [-0.2, -0.15) is 12.6 Å². The Morgan fingerprint density at radius 1 is 1.00 bits per heavy atom. The lowest BCUT2D eigenvalue weighted by Gasteiger charge is -2.39. The number of rotatable bonds is 4. The summed E-state index contributed by atoms with van der Waals surface area (Å²) in [6, 6.07) is 21.5. The van der Waals surface area contributed by atoms with Crippen LogP contribution in [0.25, 0.3) is 0 Å². The average molecular weight is 313 g/mol. The summed E-state index contributed by atoms with van der Waals surface area (Å²) in [5.74, 6) is 0. The molecule has 0 unspecified atom stereocenters. The highest BCUT2D eigenvalue weighted by atomic mass is 32.1. The Kier molecular flexibility index (Phi) is 5.19. The second-order valence-electron chi connectivity index (χ2n) is 5.85. The van der Waals surface area contributed by atoms with Crippen LogP contribution in [-0.2, 0) is 4.74 Å². The number of hydrogen-bond donors (Lipinski definition) is 1. The van der Waals surface area contributed by atoms with Gasteiger partial charge in [0.1, 0.15) is 0 Å². The van der Waals surface area contributed by atoms with Gasteiger partial charge in [-0.25, -0.2) is 0 Å². The third-order valence-corrected chi connectivity index (χ3v) is 5.08. The Balaban J connectivity index is 1.69. The van der Waals surface area contributed by atoms with E-state index >= 15 is 0 Å². The molecule has 2 aromatic carbocycles. The van der Waals surface area contributed by atoms with E-state index in [1.807, 2.05) is 6.07 Å². The maximum Gasteiger partial charge on any atom is 0.0859 e. The molecule has 1 heterocycles. The molecule has 0 amide bonds. The topological polar surface area (TPSA) is 12.5 Å². The molecule has 0 bridgehead atoms. The van der Waals surface area contributed by atoms with Crippen LogP contribution in [0.3, 0.4) is 0 Å². The highest BCUT2D eigenvalue weighted by Gasteiger charge is 2.29. The van der Waals surface area contributed by atoms with Crippen LogP contribution >= 0.6 is 12.6 Å². The van der Waals surface area contributed by atoms with Crippen molar-refractivity contribution in [2.75, 3.05) is 19.7 Å². The summed E-state index contributed by atoms with van der Waals surface area (Å²) in [7, 11) is 0. The van der Waals surface area contributed by atoms with E-state index < -0.39 is 0 Å². The molecule has 0 N–H and O–H groups in total. The minimum Gasteiger partial charge on any atom is -0.374 e. The first kappa shape index (κ1) is 15.6. The Bertz CT molecular complexity index is 523. The predicted molar refractivity (Wildman–Crippen MR) is 94.3 cm³/mol. The van der Waals surface area contributed by atoms with E-state index in [0.717, 1.165) is 19.7 Å². The fourth-order valence-electron chi connectivity index (χ4n) is 3.05. The Morgan fingerprint density at radius 2 is 1.59 bits per heavy atom. The Labute approximate surface area is 138 Å². The monoisotopic (exact) mass is 313 g/mol. The van der Waals surface area contributed by atoms with E-state index in [9.17, 15) is 0 Å². The summed E-state index contributed by atoms with van der Waals surface area (Å²) in [6.45, 7) is 4.93. The summed E-state index contributed by atoms with van der Waals surface area (Å²) < 4.78 is 5.99. The van der Waals surface area contributed by atoms with Crippen LogP contribution in [0.2, 0.25) is 0 Å². The van der Waals surface area contributed by atoms with Crippen molar-refractivity contribution < 1.29 is 4.74 Å². The standard InChI is InChI=1S/C19H23NOS/c1-15(16-8-4-2-5-9-16)20-12-13-21-18(14-20)19(22)17-10-6-3-7-11-17/h2-11,15,18-19,22H,12-14H2,1H3/t15-,18+,19+/m0/s1. The van der Waals surface area contributed by atoms with Gasteiger partial charge in [0.25, 0.3) is 0 Å². The lowest BCUT2D eigenvalue weighted by molar-refractivity contribution is -0.0418. The fourth-order valence-corrected chi connectivity index (χ4v) is 3.40. The van der Waals surface area contributed by atoms with Crippen LogP contribution < -0.4 is 0 Å². The minimum atomic E-state index is 0.118. The maximum atomic E-state index is 5.99.